The summed E-state index contributed by atoms with van der Waals surface area (Å²) in [6.07, 6.45) is 3.35. The van der Waals surface area contributed by atoms with Crippen molar-refractivity contribution < 1.29 is 9.21 Å². The van der Waals surface area contributed by atoms with E-state index in [1.807, 2.05) is 18.2 Å². The van der Waals surface area contributed by atoms with Crippen LogP contribution in [0.15, 0.2) is 39.5 Å². The minimum Gasteiger partial charge on any atom is -0.422 e. The van der Waals surface area contributed by atoms with Gasteiger partial charge in [0.05, 0.1) is 0 Å². The normalized spacial score (nSPS) is 30.6. The van der Waals surface area contributed by atoms with E-state index in [2.05, 4.69) is 26.1 Å². The summed E-state index contributed by atoms with van der Waals surface area (Å²) in [5.41, 5.74) is 0.340. The molecule has 0 saturated heterocycles. The molecule has 3 atom stereocenters. The molecule has 2 saturated carbocycles. The molecule has 1 aromatic carbocycles. The first-order valence-electron chi connectivity index (χ1n) is 8.67. The smallest absolute Gasteiger partial charge is 0.349 e. The molecule has 0 spiro atoms. The van der Waals surface area contributed by atoms with Crippen LogP contribution in [-0.4, -0.2) is 11.9 Å². The van der Waals surface area contributed by atoms with Gasteiger partial charge in [0.2, 0.25) is 0 Å². The van der Waals surface area contributed by atoms with Crippen LogP contribution in [0.25, 0.3) is 11.0 Å². The Labute approximate surface area is 141 Å². The van der Waals surface area contributed by atoms with E-state index < -0.39 is 5.63 Å². The summed E-state index contributed by atoms with van der Waals surface area (Å²) in [7, 11) is 0. The van der Waals surface area contributed by atoms with E-state index in [0.29, 0.717) is 11.5 Å². The molecule has 4 nitrogen and oxygen atoms in total. The zero-order valence-electron chi connectivity index (χ0n) is 14.4. The van der Waals surface area contributed by atoms with Crippen LogP contribution in [0, 0.1) is 16.7 Å². The average Bonchev–Trinajstić information content (AvgIpc) is 2.87. The van der Waals surface area contributed by atoms with Crippen LogP contribution >= 0.6 is 0 Å². The van der Waals surface area contributed by atoms with Crippen molar-refractivity contribution in [3.05, 3.63) is 46.3 Å². The Balaban J connectivity index is 1.64. The van der Waals surface area contributed by atoms with Crippen molar-refractivity contribution in [3.63, 3.8) is 0 Å². The Hall–Kier alpha value is -2.10. The van der Waals surface area contributed by atoms with E-state index in [4.69, 9.17) is 4.42 Å². The van der Waals surface area contributed by atoms with Gasteiger partial charge in [0.15, 0.2) is 0 Å². The lowest BCUT2D eigenvalue weighted by Gasteiger charge is -2.39. The first-order chi connectivity index (χ1) is 11.3. The van der Waals surface area contributed by atoms with Gasteiger partial charge in [0.1, 0.15) is 11.1 Å². The predicted octanol–water partition coefficient (Wildman–Crippen LogP) is 3.74. The summed E-state index contributed by atoms with van der Waals surface area (Å²) < 4.78 is 5.29. The summed E-state index contributed by atoms with van der Waals surface area (Å²) >= 11 is 0. The van der Waals surface area contributed by atoms with Crippen LogP contribution in [-0.2, 0) is 0 Å². The zero-order valence-corrected chi connectivity index (χ0v) is 14.4. The maximum atomic E-state index is 12.7. The number of rotatable bonds is 2. The summed E-state index contributed by atoms with van der Waals surface area (Å²) in [5.74, 6) is 0.324. The Morgan fingerprint density at radius 1 is 1.25 bits per heavy atom. The highest BCUT2D eigenvalue weighted by Gasteiger charge is 2.61. The second kappa shape index (κ2) is 4.95. The number of hydrogen-bond acceptors (Lipinski definition) is 3. The first kappa shape index (κ1) is 15.4. The van der Waals surface area contributed by atoms with Crippen LogP contribution in [0.5, 0.6) is 0 Å². The van der Waals surface area contributed by atoms with Gasteiger partial charge in [-0.3, -0.25) is 4.79 Å². The van der Waals surface area contributed by atoms with Crippen LogP contribution in [0.1, 0.15) is 50.4 Å². The molecule has 2 aliphatic rings. The van der Waals surface area contributed by atoms with E-state index >= 15 is 0 Å². The largest absolute Gasteiger partial charge is 0.422 e. The molecule has 2 aromatic rings. The topological polar surface area (TPSA) is 59.3 Å². The van der Waals surface area contributed by atoms with Gasteiger partial charge < -0.3 is 9.73 Å². The maximum Gasteiger partial charge on any atom is 0.349 e. The van der Waals surface area contributed by atoms with Crippen molar-refractivity contribution in [1.29, 1.82) is 0 Å². The highest BCUT2D eigenvalue weighted by molar-refractivity contribution is 5.96. The molecule has 2 bridgehead atoms. The molecule has 4 heteroatoms. The zero-order chi connectivity index (χ0) is 17.1. The fourth-order valence-corrected chi connectivity index (χ4v) is 4.88. The fraction of sp³-hybridized carbons (Fsp3) is 0.500. The SMILES string of the molecule is CC1(C)[C@H]2CC[C@@]1(C)[C@@H](NC(=O)c1cc3ccccc3oc1=O)C2. The standard InChI is InChI=1S/C20H23NO3/c1-19(2)13-8-9-20(19,3)16(11-13)21-17(22)14-10-12-6-4-5-7-15(12)24-18(14)23/h4-7,10,13,16H,8-9,11H2,1-3H3,(H,21,22)/t13-,16-,20-/m0/s1. The molecule has 2 fully saturated rings. The molecular formula is C20H23NO3. The number of carbonyl (C=O) groups is 1. The maximum absolute atomic E-state index is 12.7. The molecule has 1 aromatic heterocycles. The number of benzene rings is 1. The molecular weight excluding hydrogens is 302 g/mol. The molecule has 24 heavy (non-hydrogen) atoms. The first-order valence-corrected chi connectivity index (χ1v) is 8.67. The van der Waals surface area contributed by atoms with Crippen molar-refractivity contribution in [1.82, 2.24) is 5.32 Å². The van der Waals surface area contributed by atoms with E-state index in [1.54, 1.807) is 12.1 Å². The minimum absolute atomic E-state index is 0.0877. The number of carbonyl (C=O) groups excluding carboxylic acids is 1. The van der Waals surface area contributed by atoms with E-state index in [9.17, 15) is 9.59 Å². The van der Waals surface area contributed by atoms with Crippen molar-refractivity contribution in [2.75, 3.05) is 0 Å². The number of hydrogen-bond donors (Lipinski definition) is 1. The summed E-state index contributed by atoms with van der Waals surface area (Å²) in [4.78, 5) is 24.9. The van der Waals surface area contributed by atoms with Crippen molar-refractivity contribution in [2.24, 2.45) is 16.7 Å². The third kappa shape index (κ3) is 1.98. The molecule has 2 aliphatic carbocycles. The monoisotopic (exact) mass is 325 g/mol. The molecule has 1 N–H and O–H groups in total. The Morgan fingerprint density at radius 3 is 2.67 bits per heavy atom. The van der Waals surface area contributed by atoms with Gasteiger partial charge in [-0.05, 0) is 48.1 Å². The lowest BCUT2D eigenvalue weighted by Crippen LogP contribution is -2.47. The fourth-order valence-electron chi connectivity index (χ4n) is 4.88. The number of amides is 1. The lowest BCUT2D eigenvalue weighted by atomic mass is 9.69. The van der Waals surface area contributed by atoms with Gasteiger partial charge in [-0.15, -0.1) is 0 Å². The lowest BCUT2D eigenvalue weighted by molar-refractivity contribution is 0.0823. The summed E-state index contributed by atoms with van der Waals surface area (Å²) in [6.45, 7) is 6.89. The van der Waals surface area contributed by atoms with Crippen molar-refractivity contribution in [2.45, 2.75) is 46.1 Å². The minimum atomic E-state index is -0.571. The molecule has 1 heterocycles. The predicted molar refractivity (Wildman–Crippen MR) is 93.0 cm³/mol. The quantitative estimate of drug-likeness (QED) is 0.856. The van der Waals surface area contributed by atoms with Gasteiger partial charge in [0.25, 0.3) is 5.91 Å². The Morgan fingerprint density at radius 2 is 2.00 bits per heavy atom. The highest BCUT2D eigenvalue weighted by Crippen LogP contribution is 2.65. The van der Waals surface area contributed by atoms with E-state index in [-0.39, 0.29) is 28.3 Å². The van der Waals surface area contributed by atoms with E-state index in [0.717, 1.165) is 18.2 Å². The molecule has 0 radical (unpaired) electrons. The molecule has 4 rings (SSSR count). The van der Waals surface area contributed by atoms with Crippen LogP contribution in [0.2, 0.25) is 0 Å². The molecule has 126 valence electrons. The average molecular weight is 325 g/mol. The second-order valence-electron chi connectivity index (χ2n) is 8.12. The molecule has 0 unspecified atom stereocenters. The third-order valence-corrected chi connectivity index (χ3v) is 6.99. The Kier molecular flexibility index (Phi) is 3.18. The summed E-state index contributed by atoms with van der Waals surface area (Å²) in [5, 5.41) is 3.89. The van der Waals surface area contributed by atoms with Gasteiger partial charge in [-0.2, -0.15) is 0 Å². The second-order valence-corrected chi connectivity index (χ2v) is 8.12. The highest BCUT2D eigenvalue weighted by atomic mass is 16.4. The van der Waals surface area contributed by atoms with Gasteiger partial charge >= 0.3 is 5.63 Å². The van der Waals surface area contributed by atoms with Crippen LogP contribution < -0.4 is 10.9 Å². The Bertz CT molecular complexity index is 882. The number of para-hydroxylation sites is 1. The van der Waals surface area contributed by atoms with Gasteiger partial charge in [0, 0.05) is 11.4 Å². The van der Waals surface area contributed by atoms with Gasteiger partial charge in [-0.25, -0.2) is 4.79 Å². The molecule has 0 aliphatic heterocycles. The van der Waals surface area contributed by atoms with Crippen molar-refractivity contribution >= 4 is 16.9 Å². The van der Waals surface area contributed by atoms with Crippen LogP contribution in [0.3, 0.4) is 0 Å². The third-order valence-electron chi connectivity index (χ3n) is 6.99. The van der Waals surface area contributed by atoms with Crippen LogP contribution in [0.4, 0.5) is 0 Å². The van der Waals surface area contributed by atoms with Crippen molar-refractivity contribution in [3.8, 4) is 0 Å². The number of nitrogens with one attached hydrogen (secondary N) is 1. The summed E-state index contributed by atoms with van der Waals surface area (Å²) in [6, 6.07) is 9.00. The van der Waals surface area contributed by atoms with Gasteiger partial charge in [-0.1, -0.05) is 39.0 Å². The molecule has 1 amide bonds. The number of fused-ring (bicyclic) bond motifs is 3. The van der Waals surface area contributed by atoms with E-state index in [1.165, 1.54) is 6.42 Å².